The molecule has 3 rings (SSSR count). The van der Waals surface area contributed by atoms with Gasteiger partial charge in [-0.05, 0) is 42.9 Å². The molecule has 0 aliphatic heterocycles. The molecule has 1 heterocycles. The van der Waals surface area contributed by atoms with E-state index in [1.807, 2.05) is 22.9 Å². The molecule has 2 aromatic rings. The molecule has 1 aliphatic rings. The normalized spacial score (nSPS) is 22.5. The summed E-state index contributed by atoms with van der Waals surface area (Å²) in [7, 11) is 0. The van der Waals surface area contributed by atoms with Crippen LogP contribution >= 0.6 is 0 Å². The second-order valence-electron chi connectivity index (χ2n) is 6.65. The first-order valence-corrected chi connectivity index (χ1v) is 8.56. The van der Waals surface area contributed by atoms with Crippen LogP contribution in [0.3, 0.4) is 0 Å². The molecule has 6 nitrogen and oxygen atoms in total. The molecule has 1 aromatic heterocycles. The monoisotopic (exact) mass is 338 g/mol. The van der Waals surface area contributed by atoms with Crippen LogP contribution in [0, 0.1) is 17.2 Å². The number of nitrogens with zero attached hydrogens (tertiary/aromatic N) is 3. The zero-order valence-electron chi connectivity index (χ0n) is 14.0. The Kier molecular flexibility index (Phi) is 5.46. The standard InChI is InChI=1S/C19H22N4O2/c20-11-15-3-1-14(2-4-15)5-6-19(25)22-17-9-16(10-18(17)24)12-23-8-7-21-13-23/h1-4,7-8,13,16-18,24H,5-6,9-10,12H2,(H,22,25)/t16?,17-,18-/m1/s1. The van der Waals surface area contributed by atoms with Crippen molar-refractivity contribution in [3.05, 3.63) is 54.1 Å². The van der Waals surface area contributed by atoms with Crippen LogP contribution in [0.4, 0.5) is 0 Å². The fourth-order valence-corrected chi connectivity index (χ4v) is 3.40. The Labute approximate surface area is 147 Å². The van der Waals surface area contributed by atoms with E-state index >= 15 is 0 Å². The van der Waals surface area contributed by atoms with Gasteiger partial charge in [0.15, 0.2) is 0 Å². The molecule has 1 unspecified atom stereocenters. The fraction of sp³-hybridized carbons (Fsp3) is 0.421. The number of nitriles is 1. The van der Waals surface area contributed by atoms with Crippen LogP contribution in [0.25, 0.3) is 0 Å². The van der Waals surface area contributed by atoms with Gasteiger partial charge in [0.2, 0.25) is 5.91 Å². The number of aliphatic hydroxyl groups excluding tert-OH is 1. The zero-order chi connectivity index (χ0) is 17.6. The van der Waals surface area contributed by atoms with Gasteiger partial charge in [-0.15, -0.1) is 0 Å². The van der Waals surface area contributed by atoms with Gasteiger partial charge in [0, 0.05) is 25.4 Å². The largest absolute Gasteiger partial charge is 0.391 e. The van der Waals surface area contributed by atoms with E-state index in [1.165, 1.54) is 0 Å². The van der Waals surface area contributed by atoms with Crippen LogP contribution in [-0.2, 0) is 17.8 Å². The number of carbonyl (C=O) groups is 1. The van der Waals surface area contributed by atoms with Crippen molar-refractivity contribution in [2.24, 2.45) is 5.92 Å². The van der Waals surface area contributed by atoms with Gasteiger partial charge in [-0.25, -0.2) is 4.98 Å². The maximum Gasteiger partial charge on any atom is 0.220 e. The molecule has 0 radical (unpaired) electrons. The molecular formula is C19H22N4O2. The number of nitrogens with one attached hydrogen (secondary N) is 1. The number of hydrogen-bond acceptors (Lipinski definition) is 4. The maximum absolute atomic E-state index is 12.2. The van der Waals surface area contributed by atoms with Gasteiger partial charge in [-0.1, -0.05) is 12.1 Å². The third-order valence-corrected chi connectivity index (χ3v) is 4.72. The topological polar surface area (TPSA) is 90.9 Å². The van der Waals surface area contributed by atoms with Crippen LogP contribution in [0.1, 0.15) is 30.4 Å². The molecule has 1 aromatic carbocycles. The summed E-state index contributed by atoms with van der Waals surface area (Å²) in [6.45, 7) is 0.814. The van der Waals surface area contributed by atoms with Gasteiger partial charge in [0.05, 0.1) is 30.1 Å². The summed E-state index contributed by atoms with van der Waals surface area (Å²) in [5, 5.41) is 22.0. The smallest absolute Gasteiger partial charge is 0.220 e. The lowest BCUT2D eigenvalue weighted by Gasteiger charge is -2.16. The highest BCUT2D eigenvalue weighted by atomic mass is 16.3. The summed E-state index contributed by atoms with van der Waals surface area (Å²) in [4.78, 5) is 16.2. The van der Waals surface area contributed by atoms with Crippen molar-refractivity contribution in [3.63, 3.8) is 0 Å². The third kappa shape index (κ3) is 4.68. The first-order valence-electron chi connectivity index (χ1n) is 8.56. The highest BCUT2D eigenvalue weighted by molar-refractivity contribution is 5.76. The van der Waals surface area contributed by atoms with E-state index in [4.69, 9.17) is 5.26 Å². The van der Waals surface area contributed by atoms with Crippen molar-refractivity contribution >= 4 is 5.91 Å². The van der Waals surface area contributed by atoms with Crippen LogP contribution in [0.5, 0.6) is 0 Å². The second-order valence-corrected chi connectivity index (χ2v) is 6.65. The summed E-state index contributed by atoms with van der Waals surface area (Å²) in [5.74, 6) is 0.296. The van der Waals surface area contributed by atoms with E-state index in [0.717, 1.165) is 18.5 Å². The summed E-state index contributed by atoms with van der Waals surface area (Å²) in [5.41, 5.74) is 1.64. The van der Waals surface area contributed by atoms with Gasteiger partial charge in [-0.3, -0.25) is 4.79 Å². The number of aromatic nitrogens is 2. The lowest BCUT2D eigenvalue weighted by Crippen LogP contribution is -2.40. The molecule has 0 saturated heterocycles. The van der Waals surface area contributed by atoms with E-state index in [1.54, 1.807) is 24.7 Å². The van der Waals surface area contributed by atoms with Crippen molar-refractivity contribution in [2.45, 2.75) is 44.4 Å². The zero-order valence-corrected chi connectivity index (χ0v) is 14.0. The number of aryl methyl sites for hydroxylation is 1. The number of aliphatic hydroxyl groups is 1. The van der Waals surface area contributed by atoms with Gasteiger partial charge in [0.1, 0.15) is 0 Å². The van der Waals surface area contributed by atoms with E-state index < -0.39 is 6.10 Å². The predicted octanol–water partition coefficient (Wildman–Crippen LogP) is 1.64. The van der Waals surface area contributed by atoms with Gasteiger partial charge >= 0.3 is 0 Å². The van der Waals surface area contributed by atoms with E-state index in [2.05, 4.69) is 16.4 Å². The van der Waals surface area contributed by atoms with E-state index in [0.29, 0.717) is 30.7 Å². The number of hydrogen-bond donors (Lipinski definition) is 2. The average Bonchev–Trinajstić information content (AvgIpc) is 3.24. The Morgan fingerprint density at radius 3 is 2.84 bits per heavy atom. The van der Waals surface area contributed by atoms with Crippen molar-refractivity contribution in [2.75, 3.05) is 0 Å². The molecule has 1 fully saturated rings. The minimum absolute atomic E-state index is 0.0447. The van der Waals surface area contributed by atoms with Crippen molar-refractivity contribution in [1.82, 2.24) is 14.9 Å². The molecule has 6 heteroatoms. The number of imidazole rings is 1. The van der Waals surface area contributed by atoms with E-state index in [-0.39, 0.29) is 11.9 Å². The molecule has 130 valence electrons. The molecule has 0 spiro atoms. The molecular weight excluding hydrogens is 316 g/mol. The maximum atomic E-state index is 12.2. The first-order chi connectivity index (χ1) is 12.1. The number of carbonyl (C=O) groups excluding carboxylic acids is 1. The lowest BCUT2D eigenvalue weighted by atomic mass is 10.1. The highest BCUT2D eigenvalue weighted by Crippen LogP contribution is 2.27. The SMILES string of the molecule is N#Cc1ccc(CCC(=O)N[C@@H]2CC(Cn3ccnc3)C[C@H]2O)cc1. The minimum atomic E-state index is -0.493. The van der Waals surface area contributed by atoms with Crippen LogP contribution in [0.15, 0.2) is 43.0 Å². The Morgan fingerprint density at radius 1 is 1.36 bits per heavy atom. The van der Waals surface area contributed by atoms with Crippen LogP contribution in [0.2, 0.25) is 0 Å². The quantitative estimate of drug-likeness (QED) is 0.838. The second kappa shape index (κ2) is 7.95. The summed E-state index contributed by atoms with van der Waals surface area (Å²) >= 11 is 0. The van der Waals surface area contributed by atoms with E-state index in [9.17, 15) is 9.90 Å². The van der Waals surface area contributed by atoms with Crippen LogP contribution < -0.4 is 5.32 Å². The predicted molar refractivity (Wildman–Crippen MR) is 92.4 cm³/mol. The molecule has 25 heavy (non-hydrogen) atoms. The number of rotatable bonds is 6. The molecule has 1 amide bonds. The lowest BCUT2D eigenvalue weighted by molar-refractivity contribution is -0.122. The summed E-state index contributed by atoms with van der Waals surface area (Å²) in [6.07, 6.45) is 7.41. The summed E-state index contributed by atoms with van der Waals surface area (Å²) < 4.78 is 2.01. The third-order valence-electron chi connectivity index (χ3n) is 4.72. The molecule has 1 saturated carbocycles. The molecule has 2 N–H and O–H groups in total. The molecule has 3 atom stereocenters. The molecule has 1 aliphatic carbocycles. The minimum Gasteiger partial charge on any atom is -0.391 e. The average molecular weight is 338 g/mol. The Balaban J connectivity index is 1.45. The fourth-order valence-electron chi connectivity index (χ4n) is 3.40. The Bertz CT molecular complexity index is 734. The summed E-state index contributed by atoms with van der Waals surface area (Å²) in [6, 6.07) is 9.16. The van der Waals surface area contributed by atoms with Crippen molar-refractivity contribution < 1.29 is 9.90 Å². The molecule has 0 bridgehead atoms. The Hall–Kier alpha value is -2.65. The van der Waals surface area contributed by atoms with Gasteiger partial charge in [-0.2, -0.15) is 5.26 Å². The Morgan fingerprint density at radius 2 is 2.16 bits per heavy atom. The van der Waals surface area contributed by atoms with Crippen LogP contribution in [-0.4, -0.2) is 32.7 Å². The number of benzene rings is 1. The highest BCUT2D eigenvalue weighted by Gasteiger charge is 2.33. The first kappa shape index (κ1) is 17.2. The number of amides is 1. The van der Waals surface area contributed by atoms with Crippen molar-refractivity contribution in [1.29, 1.82) is 5.26 Å². The van der Waals surface area contributed by atoms with Gasteiger partial charge in [0.25, 0.3) is 0 Å². The van der Waals surface area contributed by atoms with Crippen molar-refractivity contribution in [3.8, 4) is 6.07 Å². The van der Waals surface area contributed by atoms with Gasteiger partial charge < -0.3 is 15.0 Å².